The Labute approximate surface area is 167 Å². The molecule has 1 aliphatic rings. The van der Waals surface area contributed by atoms with Crippen molar-refractivity contribution in [1.29, 1.82) is 0 Å². The summed E-state index contributed by atoms with van der Waals surface area (Å²) in [6.07, 6.45) is -3.74. The van der Waals surface area contributed by atoms with Gasteiger partial charge in [0.1, 0.15) is 0 Å². The number of rotatable bonds is 6. The Morgan fingerprint density at radius 2 is 1.76 bits per heavy atom. The van der Waals surface area contributed by atoms with Crippen LogP contribution in [0.25, 0.3) is 16.7 Å². The highest BCUT2D eigenvalue weighted by Crippen LogP contribution is 2.38. The maximum absolute atomic E-state index is 13.3. The van der Waals surface area contributed by atoms with Gasteiger partial charge in [0, 0.05) is 26.8 Å². The van der Waals surface area contributed by atoms with Crippen molar-refractivity contribution < 1.29 is 27.4 Å². The second kappa shape index (κ2) is 8.80. The van der Waals surface area contributed by atoms with Crippen LogP contribution in [-0.2, 0) is 15.7 Å². The number of nitrogens with one attached hydrogen (secondary N) is 1. The Morgan fingerprint density at radius 3 is 2.38 bits per heavy atom. The van der Waals surface area contributed by atoms with Gasteiger partial charge in [0.05, 0.1) is 18.2 Å². The molecule has 0 unspecified atom stereocenters. The second-order valence-corrected chi connectivity index (χ2v) is 6.76. The molecule has 2 aromatic carbocycles. The average molecular weight is 405 g/mol. The number of alkyl halides is 3. The van der Waals surface area contributed by atoms with Gasteiger partial charge in [-0.15, -0.1) is 0 Å². The van der Waals surface area contributed by atoms with Crippen molar-refractivity contribution in [1.82, 2.24) is 5.32 Å². The van der Waals surface area contributed by atoms with Gasteiger partial charge in [-0.05, 0) is 58.5 Å². The third-order valence-corrected chi connectivity index (χ3v) is 4.96. The Morgan fingerprint density at radius 1 is 1.03 bits per heavy atom. The van der Waals surface area contributed by atoms with Crippen molar-refractivity contribution in [2.75, 3.05) is 33.9 Å². The Bertz CT molecular complexity index is 918. The fourth-order valence-corrected chi connectivity index (χ4v) is 3.45. The van der Waals surface area contributed by atoms with Crippen LogP contribution in [0.5, 0.6) is 0 Å². The number of hydrogen-bond donors (Lipinski definition) is 1. The van der Waals surface area contributed by atoms with Crippen molar-refractivity contribution in [3.8, 4) is 11.1 Å². The summed E-state index contributed by atoms with van der Waals surface area (Å²) in [7, 11) is 2.90. The summed E-state index contributed by atoms with van der Waals surface area (Å²) in [6, 6.07) is 10.2. The first-order valence-corrected chi connectivity index (χ1v) is 9.16. The molecule has 0 spiro atoms. The first-order chi connectivity index (χ1) is 13.8. The van der Waals surface area contributed by atoms with Gasteiger partial charge in [-0.1, -0.05) is 18.2 Å². The monoisotopic (exact) mass is 405 g/mol. The Hall–Kier alpha value is -2.64. The van der Waals surface area contributed by atoms with Crippen LogP contribution >= 0.6 is 0 Å². The number of carbonyl (C=O) groups excluding carboxylic acids is 1. The lowest BCUT2D eigenvalue weighted by atomic mass is 9.90. The van der Waals surface area contributed by atoms with Crippen LogP contribution in [0, 0.1) is 0 Å². The molecule has 3 rings (SSSR count). The molecule has 0 radical (unpaired) electrons. The number of methoxy groups -OCH3 is 2. The van der Waals surface area contributed by atoms with E-state index in [0.29, 0.717) is 42.8 Å². The minimum Gasteiger partial charge on any atom is -0.465 e. The van der Waals surface area contributed by atoms with Crippen molar-refractivity contribution in [2.45, 2.75) is 12.6 Å². The zero-order valence-corrected chi connectivity index (χ0v) is 16.2. The van der Waals surface area contributed by atoms with E-state index in [1.165, 1.54) is 19.2 Å². The van der Waals surface area contributed by atoms with Crippen LogP contribution in [0.4, 0.5) is 13.2 Å². The van der Waals surface area contributed by atoms with Gasteiger partial charge in [-0.25, -0.2) is 4.79 Å². The molecule has 0 fully saturated rings. The van der Waals surface area contributed by atoms with Crippen molar-refractivity contribution >= 4 is 11.5 Å². The molecular formula is C22H22F3NO3. The van der Waals surface area contributed by atoms with Crippen LogP contribution < -0.4 is 5.32 Å². The molecule has 0 aliphatic carbocycles. The van der Waals surface area contributed by atoms with Crippen LogP contribution in [0.15, 0.2) is 48.0 Å². The third kappa shape index (κ3) is 4.68. The molecule has 2 aromatic rings. The van der Waals surface area contributed by atoms with E-state index in [-0.39, 0.29) is 0 Å². The first-order valence-electron chi connectivity index (χ1n) is 9.16. The van der Waals surface area contributed by atoms with Crippen LogP contribution in [-0.4, -0.2) is 39.9 Å². The lowest BCUT2D eigenvalue weighted by molar-refractivity contribution is -0.137. The Kier molecular flexibility index (Phi) is 6.39. The highest BCUT2D eigenvalue weighted by atomic mass is 19.4. The maximum atomic E-state index is 13.3. The molecule has 0 saturated heterocycles. The SMILES string of the molecule is COCCC1=C(c2ccc(C(F)(F)F)cc2-c2ccc(C(=O)OC)cc2)CNC1. The number of halogens is 3. The first kappa shape index (κ1) is 21.1. The van der Waals surface area contributed by atoms with E-state index in [0.717, 1.165) is 22.8 Å². The topological polar surface area (TPSA) is 47.6 Å². The number of hydrogen-bond acceptors (Lipinski definition) is 4. The second-order valence-electron chi connectivity index (χ2n) is 6.76. The fourth-order valence-electron chi connectivity index (χ4n) is 3.45. The molecule has 7 heteroatoms. The van der Waals surface area contributed by atoms with E-state index in [9.17, 15) is 18.0 Å². The van der Waals surface area contributed by atoms with Crippen molar-refractivity contribution in [3.63, 3.8) is 0 Å². The number of carbonyl (C=O) groups is 1. The molecule has 0 bridgehead atoms. The summed E-state index contributed by atoms with van der Waals surface area (Å²) >= 11 is 0. The molecular weight excluding hydrogens is 383 g/mol. The highest BCUT2D eigenvalue weighted by Gasteiger charge is 2.32. The van der Waals surface area contributed by atoms with Gasteiger partial charge in [-0.2, -0.15) is 13.2 Å². The maximum Gasteiger partial charge on any atom is 0.416 e. The summed E-state index contributed by atoms with van der Waals surface area (Å²) < 4.78 is 49.9. The predicted molar refractivity (Wildman–Crippen MR) is 105 cm³/mol. The molecule has 0 atom stereocenters. The van der Waals surface area contributed by atoms with Crippen LogP contribution in [0.2, 0.25) is 0 Å². The van der Waals surface area contributed by atoms with Gasteiger partial charge < -0.3 is 14.8 Å². The lowest BCUT2D eigenvalue weighted by Crippen LogP contribution is -2.10. The zero-order chi connectivity index (χ0) is 21.0. The van der Waals surface area contributed by atoms with E-state index in [1.54, 1.807) is 31.4 Å². The van der Waals surface area contributed by atoms with E-state index >= 15 is 0 Å². The molecule has 1 heterocycles. The molecule has 0 amide bonds. The summed E-state index contributed by atoms with van der Waals surface area (Å²) in [5.74, 6) is -0.495. The minimum atomic E-state index is -4.44. The number of esters is 1. The Balaban J connectivity index is 2.11. The van der Waals surface area contributed by atoms with E-state index in [1.807, 2.05) is 0 Å². The molecule has 4 nitrogen and oxygen atoms in total. The minimum absolute atomic E-state index is 0.340. The largest absolute Gasteiger partial charge is 0.465 e. The standard InChI is InChI=1S/C22H22F3NO3/c1-28-10-9-16-12-26-13-20(16)18-8-7-17(22(23,24)25)11-19(18)14-3-5-15(6-4-14)21(27)29-2/h3-8,11,26H,9-10,12-13H2,1-2H3. The summed E-state index contributed by atoms with van der Waals surface area (Å²) in [6.45, 7) is 1.81. The van der Waals surface area contributed by atoms with Crippen LogP contribution in [0.3, 0.4) is 0 Å². The fraction of sp³-hybridized carbons (Fsp3) is 0.318. The van der Waals surface area contributed by atoms with E-state index in [2.05, 4.69) is 10.1 Å². The lowest BCUT2D eigenvalue weighted by Gasteiger charge is -2.16. The summed E-state index contributed by atoms with van der Waals surface area (Å²) in [5.41, 5.74) is 3.57. The van der Waals surface area contributed by atoms with Gasteiger partial charge in [0.25, 0.3) is 0 Å². The number of ether oxygens (including phenoxy) is 2. The summed E-state index contributed by atoms with van der Waals surface area (Å²) in [5, 5.41) is 3.27. The molecule has 1 N–H and O–H groups in total. The van der Waals surface area contributed by atoms with Crippen molar-refractivity contribution in [3.05, 3.63) is 64.7 Å². The summed E-state index contributed by atoms with van der Waals surface area (Å²) in [4.78, 5) is 11.7. The van der Waals surface area contributed by atoms with Gasteiger partial charge in [0.2, 0.25) is 0 Å². The molecule has 0 aromatic heterocycles. The third-order valence-electron chi connectivity index (χ3n) is 4.96. The molecule has 29 heavy (non-hydrogen) atoms. The van der Waals surface area contributed by atoms with Gasteiger partial charge >= 0.3 is 12.1 Å². The molecule has 0 saturated carbocycles. The molecule has 154 valence electrons. The van der Waals surface area contributed by atoms with Crippen molar-refractivity contribution in [2.24, 2.45) is 0 Å². The van der Waals surface area contributed by atoms with Gasteiger partial charge in [0.15, 0.2) is 0 Å². The smallest absolute Gasteiger partial charge is 0.416 e. The van der Waals surface area contributed by atoms with E-state index < -0.39 is 17.7 Å². The normalized spacial score (nSPS) is 14.4. The van der Waals surface area contributed by atoms with Crippen LogP contribution in [0.1, 0.15) is 27.9 Å². The van der Waals surface area contributed by atoms with E-state index in [4.69, 9.17) is 4.74 Å². The average Bonchev–Trinajstić information content (AvgIpc) is 3.19. The molecule has 1 aliphatic heterocycles. The highest BCUT2D eigenvalue weighted by molar-refractivity contribution is 5.91. The number of benzene rings is 2. The zero-order valence-electron chi connectivity index (χ0n) is 16.2. The predicted octanol–water partition coefficient (Wildman–Crippen LogP) is 4.55. The van der Waals surface area contributed by atoms with Gasteiger partial charge in [-0.3, -0.25) is 0 Å². The quantitative estimate of drug-likeness (QED) is 0.717.